The molecule has 1 fully saturated rings. The van der Waals surface area contributed by atoms with Gasteiger partial charge in [-0.25, -0.2) is 4.98 Å². The van der Waals surface area contributed by atoms with Crippen molar-refractivity contribution in [1.82, 2.24) is 9.88 Å². The number of hydrogen-bond donors (Lipinski definition) is 3. The second kappa shape index (κ2) is 10.1. The van der Waals surface area contributed by atoms with Gasteiger partial charge in [-0.1, -0.05) is 65.0 Å². The number of rotatable bonds is 6. The Kier molecular flexibility index (Phi) is 7.58. The summed E-state index contributed by atoms with van der Waals surface area (Å²) in [5.41, 5.74) is 0.390. The van der Waals surface area contributed by atoms with Crippen molar-refractivity contribution in [3.63, 3.8) is 0 Å². The summed E-state index contributed by atoms with van der Waals surface area (Å²) in [6.07, 6.45) is 1.66. The first kappa shape index (κ1) is 27.7. The molecule has 1 heterocycles. The summed E-state index contributed by atoms with van der Waals surface area (Å²) in [6.45, 7) is 10.2. The van der Waals surface area contributed by atoms with Crippen LogP contribution in [0.1, 0.15) is 75.9 Å². The van der Waals surface area contributed by atoms with E-state index in [2.05, 4.69) is 12.2 Å². The van der Waals surface area contributed by atoms with Crippen LogP contribution in [-0.2, 0) is 22.6 Å². The summed E-state index contributed by atoms with van der Waals surface area (Å²) in [7, 11) is 1.83. The number of aliphatic hydroxyl groups excluding tert-OH is 2. The fourth-order valence-corrected chi connectivity index (χ4v) is 7.32. The molecule has 8 heteroatoms. The van der Waals surface area contributed by atoms with Crippen molar-refractivity contribution in [2.24, 2.45) is 22.2 Å². The largest absolute Gasteiger partial charge is 0.396 e. The average Bonchev–Trinajstić information content (AvgIpc) is 3.25. The molecule has 1 aromatic carbocycles. The monoisotopic (exact) mass is 527 g/mol. The third-order valence-electron chi connectivity index (χ3n) is 8.86. The zero-order valence-electron chi connectivity index (χ0n) is 22.9. The Hall–Kier alpha value is -2.29. The maximum Gasteiger partial charge on any atom is 0.231 e. The average molecular weight is 528 g/mol. The van der Waals surface area contributed by atoms with Gasteiger partial charge in [0, 0.05) is 41.6 Å². The minimum absolute atomic E-state index is 0.0231. The van der Waals surface area contributed by atoms with E-state index >= 15 is 0 Å². The van der Waals surface area contributed by atoms with Crippen molar-refractivity contribution < 1.29 is 19.8 Å². The molecule has 3 N–H and O–H groups in total. The number of anilines is 1. The Balaban J connectivity index is 1.69. The van der Waals surface area contributed by atoms with Crippen molar-refractivity contribution in [3.8, 4) is 0 Å². The zero-order valence-corrected chi connectivity index (χ0v) is 23.7. The van der Waals surface area contributed by atoms with Crippen LogP contribution in [-0.4, -0.2) is 51.7 Å². The molecular weight excluding hydrogens is 486 g/mol. The molecule has 1 aromatic heterocycles. The highest BCUT2D eigenvalue weighted by Crippen LogP contribution is 2.63. The Morgan fingerprint density at radius 2 is 1.89 bits per heavy atom. The lowest BCUT2D eigenvalue weighted by Gasteiger charge is -2.58. The Morgan fingerprint density at radius 3 is 2.51 bits per heavy atom. The van der Waals surface area contributed by atoms with E-state index in [0.29, 0.717) is 24.5 Å². The molecule has 0 saturated heterocycles. The number of benzene rings is 1. The molecular formula is C29H41N3O4S. The Morgan fingerprint density at radius 1 is 1.22 bits per heavy atom. The van der Waals surface area contributed by atoms with Gasteiger partial charge in [0.05, 0.1) is 18.4 Å². The molecule has 2 aromatic rings. The number of carbonyl (C=O) groups excluding carboxylic acids is 2. The first-order valence-corrected chi connectivity index (χ1v) is 14.0. The first-order chi connectivity index (χ1) is 17.3. The van der Waals surface area contributed by atoms with E-state index < -0.39 is 16.9 Å². The third kappa shape index (κ3) is 5.20. The van der Waals surface area contributed by atoms with Crippen molar-refractivity contribution in [2.75, 3.05) is 19.0 Å². The second-order valence-corrected chi connectivity index (χ2v) is 13.6. The molecule has 0 spiro atoms. The van der Waals surface area contributed by atoms with Gasteiger partial charge < -0.3 is 20.4 Å². The standard InChI is InChI=1S/C29H41N3O4S/c1-27(2,3)25(36)31-26-30-24-19(14-23(35)32(6)16-18-10-8-7-9-11-18)28(4)13-12-22(34)29(5,17-33)21(28)15-20(24)37-26/h7-11,19,21-22,33-34H,12-17H2,1-6H3,(H,30,31,36)/t19-,21+,22-,28+,29+/m1/s1. The molecule has 2 amide bonds. The predicted octanol–water partition coefficient (Wildman–Crippen LogP) is 4.59. The van der Waals surface area contributed by atoms with Gasteiger partial charge in [-0.2, -0.15) is 0 Å². The quantitative estimate of drug-likeness (QED) is 0.510. The van der Waals surface area contributed by atoms with Crippen molar-refractivity contribution in [1.29, 1.82) is 0 Å². The van der Waals surface area contributed by atoms with Gasteiger partial charge in [0.25, 0.3) is 0 Å². The van der Waals surface area contributed by atoms with Crippen LogP contribution in [0, 0.1) is 22.2 Å². The van der Waals surface area contributed by atoms with E-state index in [9.17, 15) is 19.8 Å². The molecule has 0 bridgehead atoms. The summed E-state index contributed by atoms with van der Waals surface area (Å²) in [4.78, 5) is 34.0. The predicted molar refractivity (Wildman–Crippen MR) is 146 cm³/mol. The fourth-order valence-electron chi connectivity index (χ4n) is 6.26. The molecule has 1 saturated carbocycles. The topological polar surface area (TPSA) is 103 Å². The van der Waals surface area contributed by atoms with Gasteiger partial charge in [-0.15, -0.1) is 11.3 Å². The van der Waals surface area contributed by atoms with Gasteiger partial charge >= 0.3 is 0 Å². The van der Waals surface area contributed by atoms with E-state index in [-0.39, 0.29) is 42.1 Å². The SMILES string of the molecule is CN(Cc1ccccc1)C(=O)C[C@@H]1c2nc(NC(=O)C(C)(C)C)sc2C[C@@H]2[C@](C)(CO)[C@H](O)CC[C@]21C. The highest BCUT2D eigenvalue weighted by Gasteiger charge is 2.59. The highest BCUT2D eigenvalue weighted by molar-refractivity contribution is 7.15. The van der Waals surface area contributed by atoms with Crippen LogP contribution in [0.3, 0.4) is 0 Å². The molecule has 202 valence electrons. The molecule has 0 radical (unpaired) electrons. The van der Waals surface area contributed by atoms with E-state index in [1.54, 1.807) is 4.90 Å². The molecule has 0 aliphatic heterocycles. The van der Waals surface area contributed by atoms with Crippen LogP contribution in [0.25, 0.3) is 0 Å². The van der Waals surface area contributed by atoms with Gasteiger partial charge in [0.15, 0.2) is 5.13 Å². The summed E-state index contributed by atoms with van der Waals surface area (Å²) in [6, 6.07) is 9.93. The van der Waals surface area contributed by atoms with Crippen molar-refractivity contribution in [2.45, 2.75) is 78.9 Å². The maximum absolute atomic E-state index is 13.6. The smallest absolute Gasteiger partial charge is 0.231 e. The van der Waals surface area contributed by atoms with Gasteiger partial charge in [0.1, 0.15) is 0 Å². The van der Waals surface area contributed by atoms with E-state index in [0.717, 1.165) is 22.6 Å². The molecule has 7 nitrogen and oxygen atoms in total. The van der Waals surface area contributed by atoms with Crippen LogP contribution in [0.4, 0.5) is 5.13 Å². The number of aromatic nitrogens is 1. The number of fused-ring (bicyclic) bond motifs is 2. The molecule has 4 rings (SSSR count). The van der Waals surface area contributed by atoms with Crippen molar-refractivity contribution >= 4 is 28.3 Å². The van der Waals surface area contributed by atoms with Gasteiger partial charge in [-0.3, -0.25) is 9.59 Å². The summed E-state index contributed by atoms with van der Waals surface area (Å²) >= 11 is 1.46. The minimum Gasteiger partial charge on any atom is -0.396 e. The Bertz CT molecular complexity index is 1140. The zero-order chi connectivity index (χ0) is 27.2. The number of carbonyl (C=O) groups is 2. The third-order valence-corrected chi connectivity index (χ3v) is 9.87. The highest BCUT2D eigenvalue weighted by atomic mass is 32.1. The fraction of sp³-hybridized carbons (Fsp3) is 0.621. The summed E-state index contributed by atoms with van der Waals surface area (Å²) in [5.74, 6) is -0.271. The lowest BCUT2D eigenvalue weighted by Crippen LogP contribution is -2.57. The lowest BCUT2D eigenvalue weighted by atomic mass is 9.47. The normalized spacial score (nSPS) is 29.2. The van der Waals surface area contributed by atoms with Crippen LogP contribution in [0.5, 0.6) is 0 Å². The number of amides is 2. The van der Waals surface area contributed by atoms with Crippen LogP contribution in [0.15, 0.2) is 30.3 Å². The minimum atomic E-state index is -0.680. The number of thiazole rings is 1. The van der Waals surface area contributed by atoms with Crippen LogP contribution in [0.2, 0.25) is 0 Å². The summed E-state index contributed by atoms with van der Waals surface area (Å²) in [5, 5.41) is 24.9. The number of nitrogens with one attached hydrogen (secondary N) is 1. The van der Waals surface area contributed by atoms with Gasteiger partial charge in [-0.05, 0) is 36.2 Å². The van der Waals surface area contributed by atoms with Gasteiger partial charge in [0.2, 0.25) is 11.8 Å². The summed E-state index contributed by atoms with van der Waals surface area (Å²) < 4.78 is 0. The Labute approximate surface area is 224 Å². The molecule has 37 heavy (non-hydrogen) atoms. The molecule has 5 atom stereocenters. The lowest BCUT2D eigenvalue weighted by molar-refractivity contribution is -0.147. The second-order valence-electron chi connectivity index (χ2n) is 12.5. The number of nitrogens with zero attached hydrogens (tertiary/aromatic N) is 2. The first-order valence-electron chi connectivity index (χ1n) is 13.2. The van der Waals surface area contributed by atoms with Crippen molar-refractivity contribution in [3.05, 3.63) is 46.5 Å². The van der Waals surface area contributed by atoms with E-state index in [1.807, 2.05) is 65.1 Å². The molecule has 2 aliphatic carbocycles. The molecule has 2 aliphatic rings. The van der Waals surface area contributed by atoms with Crippen LogP contribution < -0.4 is 5.32 Å². The van der Waals surface area contributed by atoms with E-state index in [1.165, 1.54) is 11.3 Å². The molecule has 0 unspecified atom stereocenters. The number of hydrogen-bond acceptors (Lipinski definition) is 6. The number of aliphatic hydroxyl groups is 2. The van der Waals surface area contributed by atoms with Crippen LogP contribution >= 0.6 is 11.3 Å². The maximum atomic E-state index is 13.6. The van der Waals surface area contributed by atoms with E-state index in [4.69, 9.17) is 4.98 Å².